The molecule has 0 saturated heterocycles. The van der Waals surface area contributed by atoms with Gasteiger partial charge in [-0.15, -0.1) is 11.3 Å². The lowest BCUT2D eigenvalue weighted by atomic mass is 9.96. The third-order valence-electron chi connectivity index (χ3n) is 9.92. The van der Waals surface area contributed by atoms with Crippen LogP contribution in [0.25, 0.3) is 99.1 Å². The summed E-state index contributed by atoms with van der Waals surface area (Å²) >= 11 is 1.72. The Hall–Kier alpha value is -7.08. The van der Waals surface area contributed by atoms with Crippen LogP contribution in [0.2, 0.25) is 0 Å². The van der Waals surface area contributed by atoms with Gasteiger partial charge in [-0.05, 0) is 52.6 Å². The standard InChI is InChI=1S/C50H32N4S/c1-4-15-33(16-5-1)43-32-44(34-17-6-2-7-18-34)52-49(51-43)41-26-14-24-39(31-41)37-22-12-21-36(29-37)38-23-13-25-40(30-38)47-46-42-27-10-11-28-45(42)55-50(46)54-48(53-47)35-19-8-3-9-20-35/h1-32H. The van der Waals surface area contributed by atoms with Gasteiger partial charge in [-0.3, -0.25) is 0 Å². The maximum absolute atomic E-state index is 5.24. The zero-order valence-electron chi connectivity index (χ0n) is 29.7. The summed E-state index contributed by atoms with van der Waals surface area (Å²) in [5.74, 6) is 1.43. The van der Waals surface area contributed by atoms with Gasteiger partial charge in [0.05, 0.1) is 17.1 Å². The smallest absolute Gasteiger partial charge is 0.161 e. The molecule has 7 aromatic carbocycles. The van der Waals surface area contributed by atoms with Crippen LogP contribution in [0.3, 0.4) is 0 Å². The van der Waals surface area contributed by atoms with Gasteiger partial charge in [0.25, 0.3) is 0 Å². The third-order valence-corrected chi connectivity index (χ3v) is 11.0. The number of hydrogen-bond acceptors (Lipinski definition) is 5. The summed E-state index contributed by atoms with van der Waals surface area (Å²) in [6.07, 6.45) is 0. The summed E-state index contributed by atoms with van der Waals surface area (Å²) in [5.41, 5.74) is 12.3. The lowest BCUT2D eigenvalue weighted by molar-refractivity contribution is 1.18. The van der Waals surface area contributed by atoms with Crippen molar-refractivity contribution in [3.8, 4) is 78.8 Å². The Balaban J connectivity index is 1.05. The highest BCUT2D eigenvalue weighted by molar-refractivity contribution is 7.25. The van der Waals surface area contributed by atoms with E-state index in [1.54, 1.807) is 11.3 Å². The van der Waals surface area contributed by atoms with Crippen molar-refractivity contribution in [1.29, 1.82) is 0 Å². The second kappa shape index (κ2) is 14.0. The molecule has 0 saturated carbocycles. The second-order valence-corrected chi connectivity index (χ2v) is 14.5. The SMILES string of the molecule is c1ccc(-c2cc(-c3ccccc3)nc(-c3cccc(-c4cccc(-c5cccc(-c6nc(-c7ccccc7)nc7sc8ccccc8c67)c5)c4)c3)n2)cc1. The molecule has 0 spiro atoms. The lowest BCUT2D eigenvalue weighted by Gasteiger charge is -2.12. The Morgan fingerprint density at radius 2 is 0.745 bits per heavy atom. The average molecular weight is 721 g/mol. The molecule has 3 heterocycles. The molecule has 55 heavy (non-hydrogen) atoms. The van der Waals surface area contributed by atoms with Crippen LogP contribution in [0.4, 0.5) is 0 Å². The fraction of sp³-hybridized carbons (Fsp3) is 0. The molecule has 0 aliphatic rings. The van der Waals surface area contributed by atoms with E-state index in [-0.39, 0.29) is 0 Å². The highest BCUT2D eigenvalue weighted by atomic mass is 32.1. The number of nitrogens with zero attached hydrogens (tertiary/aromatic N) is 4. The molecular weight excluding hydrogens is 689 g/mol. The largest absolute Gasteiger partial charge is 0.228 e. The number of rotatable bonds is 7. The Morgan fingerprint density at radius 3 is 1.35 bits per heavy atom. The van der Waals surface area contributed by atoms with E-state index < -0.39 is 0 Å². The number of benzene rings is 7. The molecule has 5 heteroatoms. The van der Waals surface area contributed by atoms with Crippen molar-refractivity contribution in [2.24, 2.45) is 0 Å². The first-order valence-corrected chi connectivity index (χ1v) is 19.1. The van der Waals surface area contributed by atoms with E-state index in [2.05, 4.69) is 140 Å². The highest BCUT2D eigenvalue weighted by Crippen LogP contribution is 2.40. The Labute approximate surface area is 323 Å². The van der Waals surface area contributed by atoms with E-state index in [1.165, 1.54) is 10.1 Å². The third kappa shape index (κ3) is 6.37. The van der Waals surface area contributed by atoms with Gasteiger partial charge in [0.15, 0.2) is 11.6 Å². The van der Waals surface area contributed by atoms with Gasteiger partial charge in [-0.2, -0.15) is 0 Å². The van der Waals surface area contributed by atoms with Crippen LogP contribution in [-0.4, -0.2) is 19.9 Å². The highest BCUT2D eigenvalue weighted by Gasteiger charge is 2.18. The molecule has 3 aromatic heterocycles. The monoisotopic (exact) mass is 720 g/mol. The quantitative estimate of drug-likeness (QED) is 0.164. The molecule has 0 amide bonds. The topological polar surface area (TPSA) is 51.6 Å². The molecule has 0 unspecified atom stereocenters. The van der Waals surface area contributed by atoms with E-state index in [1.807, 2.05) is 54.6 Å². The minimum Gasteiger partial charge on any atom is -0.228 e. The van der Waals surface area contributed by atoms with Crippen molar-refractivity contribution in [1.82, 2.24) is 19.9 Å². The van der Waals surface area contributed by atoms with Crippen molar-refractivity contribution in [2.75, 3.05) is 0 Å². The first kappa shape index (κ1) is 32.6. The van der Waals surface area contributed by atoms with Crippen LogP contribution in [0, 0.1) is 0 Å². The minimum absolute atomic E-state index is 0.693. The van der Waals surface area contributed by atoms with Crippen LogP contribution in [0.1, 0.15) is 0 Å². The Bertz CT molecular complexity index is 2920. The molecular formula is C50H32N4S. The summed E-state index contributed by atoms with van der Waals surface area (Å²) in [6.45, 7) is 0. The molecule has 0 fully saturated rings. The van der Waals surface area contributed by atoms with Gasteiger partial charge < -0.3 is 0 Å². The molecule has 0 aliphatic carbocycles. The molecule has 10 rings (SSSR count). The summed E-state index contributed by atoms with van der Waals surface area (Å²) < 4.78 is 1.21. The van der Waals surface area contributed by atoms with Gasteiger partial charge in [-0.25, -0.2) is 19.9 Å². The van der Waals surface area contributed by atoms with Gasteiger partial charge in [-0.1, -0.05) is 164 Å². The normalized spacial score (nSPS) is 11.3. The predicted molar refractivity (Wildman–Crippen MR) is 229 cm³/mol. The summed E-state index contributed by atoms with van der Waals surface area (Å²) in [5, 5.41) is 2.27. The number of aromatic nitrogens is 4. The van der Waals surface area contributed by atoms with Gasteiger partial charge >= 0.3 is 0 Å². The van der Waals surface area contributed by atoms with Crippen LogP contribution in [-0.2, 0) is 0 Å². The first-order chi connectivity index (χ1) is 27.2. The number of thiophene rings is 1. The average Bonchev–Trinajstić information content (AvgIpc) is 3.66. The second-order valence-electron chi connectivity index (χ2n) is 13.5. The zero-order valence-corrected chi connectivity index (χ0v) is 30.5. The van der Waals surface area contributed by atoms with Crippen molar-refractivity contribution >= 4 is 31.6 Å². The molecule has 0 aliphatic heterocycles. The van der Waals surface area contributed by atoms with Crippen LogP contribution in [0.15, 0.2) is 194 Å². The number of hydrogen-bond donors (Lipinski definition) is 0. The molecule has 0 N–H and O–H groups in total. The van der Waals surface area contributed by atoms with E-state index in [9.17, 15) is 0 Å². The fourth-order valence-electron chi connectivity index (χ4n) is 7.20. The van der Waals surface area contributed by atoms with Crippen molar-refractivity contribution < 1.29 is 0 Å². The number of fused-ring (bicyclic) bond motifs is 3. The van der Waals surface area contributed by atoms with E-state index in [0.29, 0.717) is 5.82 Å². The molecule has 10 aromatic rings. The zero-order chi connectivity index (χ0) is 36.6. The summed E-state index contributed by atoms with van der Waals surface area (Å²) in [4.78, 5) is 21.4. The molecule has 258 valence electrons. The maximum atomic E-state index is 5.24. The first-order valence-electron chi connectivity index (χ1n) is 18.3. The molecule has 0 radical (unpaired) electrons. The molecule has 0 bridgehead atoms. The van der Waals surface area contributed by atoms with Crippen molar-refractivity contribution in [3.05, 3.63) is 194 Å². The van der Waals surface area contributed by atoms with E-state index >= 15 is 0 Å². The van der Waals surface area contributed by atoms with Crippen molar-refractivity contribution in [3.63, 3.8) is 0 Å². The maximum Gasteiger partial charge on any atom is 0.161 e. The van der Waals surface area contributed by atoms with Crippen LogP contribution < -0.4 is 0 Å². The predicted octanol–water partition coefficient (Wildman–Crippen LogP) is 13.3. The Morgan fingerprint density at radius 1 is 0.309 bits per heavy atom. The molecule has 0 atom stereocenters. The van der Waals surface area contributed by atoms with E-state index in [0.717, 1.165) is 83.2 Å². The van der Waals surface area contributed by atoms with Gasteiger partial charge in [0.1, 0.15) is 4.83 Å². The van der Waals surface area contributed by atoms with Crippen molar-refractivity contribution in [2.45, 2.75) is 0 Å². The minimum atomic E-state index is 0.693. The van der Waals surface area contributed by atoms with Crippen LogP contribution >= 0.6 is 11.3 Å². The van der Waals surface area contributed by atoms with Gasteiger partial charge in [0, 0.05) is 43.3 Å². The summed E-state index contributed by atoms with van der Waals surface area (Å²) in [7, 11) is 0. The fourth-order valence-corrected chi connectivity index (χ4v) is 8.28. The Kier molecular flexibility index (Phi) is 8.32. The summed E-state index contributed by atoms with van der Waals surface area (Å²) in [6, 6.07) is 67.4. The van der Waals surface area contributed by atoms with Crippen LogP contribution in [0.5, 0.6) is 0 Å². The van der Waals surface area contributed by atoms with E-state index in [4.69, 9.17) is 19.9 Å². The van der Waals surface area contributed by atoms with Gasteiger partial charge in [0.2, 0.25) is 0 Å². The molecule has 4 nitrogen and oxygen atoms in total. The lowest BCUT2D eigenvalue weighted by Crippen LogP contribution is -1.96.